The van der Waals surface area contributed by atoms with Gasteiger partial charge < -0.3 is 14.4 Å². The van der Waals surface area contributed by atoms with Gasteiger partial charge in [-0.2, -0.15) is 4.98 Å². The highest BCUT2D eigenvalue weighted by atomic mass is 79.9. The first-order valence-corrected chi connectivity index (χ1v) is 6.32. The fourth-order valence-electron chi connectivity index (χ4n) is 1.59. The highest BCUT2D eigenvalue weighted by Gasteiger charge is 2.13. The highest BCUT2D eigenvalue weighted by Crippen LogP contribution is 2.14. The van der Waals surface area contributed by atoms with Crippen LogP contribution in [0.3, 0.4) is 0 Å². The van der Waals surface area contributed by atoms with Crippen LogP contribution in [0.1, 0.15) is 29.1 Å². The summed E-state index contributed by atoms with van der Waals surface area (Å²) >= 11 is 3.35. The van der Waals surface area contributed by atoms with E-state index in [9.17, 15) is 4.79 Å². The summed E-state index contributed by atoms with van der Waals surface area (Å²) in [6.45, 7) is 4.67. The first kappa shape index (κ1) is 12.8. The third-order valence-corrected chi connectivity index (χ3v) is 2.85. The highest BCUT2D eigenvalue weighted by molar-refractivity contribution is 9.10. The molecule has 18 heavy (non-hydrogen) atoms. The maximum atomic E-state index is 12.0. The van der Waals surface area contributed by atoms with E-state index in [0.717, 1.165) is 11.0 Å². The van der Waals surface area contributed by atoms with Gasteiger partial charge in [0, 0.05) is 24.1 Å². The predicted octanol–water partition coefficient (Wildman–Crippen LogP) is 1.89. The van der Waals surface area contributed by atoms with Crippen LogP contribution in [0.4, 0.5) is 0 Å². The van der Waals surface area contributed by atoms with Crippen molar-refractivity contribution in [1.82, 2.24) is 20.0 Å². The van der Waals surface area contributed by atoms with E-state index in [0.29, 0.717) is 17.4 Å². The van der Waals surface area contributed by atoms with E-state index in [4.69, 9.17) is 4.52 Å². The topological polar surface area (TPSA) is 73.0 Å². The summed E-state index contributed by atoms with van der Waals surface area (Å²) in [5.74, 6) is 0.790. The lowest BCUT2D eigenvalue weighted by Gasteiger charge is -2.05. The average Bonchev–Trinajstić information content (AvgIpc) is 2.92. The third kappa shape index (κ3) is 2.79. The van der Waals surface area contributed by atoms with Crippen LogP contribution >= 0.6 is 15.9 Å². The molecule has 1 amide bonds. The monoisotopic (exact) mass is 312 g/mol. The Morgan fingerprint density at radius 3 is 3.00 bits per heavy atom. The molecule has 0 aliphatic heterocycles. The minimum absolute atomic E-state index is 0.162. The fraction of sp³-hybridized carbons (Fsp3) is 0.364. The van der Waals surface area contributed by atoms with Crippen molar-refractivity contribution in [3.8, 4) is 0 Å². The Labute approximate surface area is 112 Å². The van der Waals surface area contributed by atoms with E-state index in [-0.39, 0.29) is 12.5 Å². The van der Waals surface area contributed by atoms with Gasteiger partial charge in [0.05, 0.1) is 6.54 Å². The molecule has 96 valence electrons. The lowest BCUT2D eigenvalue weighted by molar-refractivity contribution is 0.0940. The van der Waals surface area contributed by atoms with E-state index in [1.807, 2.05) is 17.7 Å². The second-order valence-corrected chi connectivity index (χ2v) is 4.66. The SMILES string of the molecule is CCn1cc(Br)cc1C(=O)NCc1noc(C)n1. The van der Waals surface area contributed by atoms with Gasteiger partial charge in [0.15, 0.2) is 5.82 Å². The number of carbonyl (C=O) groups is 1. The van der Waals surface area contributed by atoms with Crippen LogP contribution in [0.15, 0.2) is 21.3 Å². The molecular formula is C11H13BrN4O2. The smallest absolute Gasteiger partial charge is 0.268 e. The van der Waals surface area contributed by atoms with Gasteiger partial charge in [-0.15, -0.1) is 0 Å². The molecule has 0 unspecified atom stereocenters. The minimum Gasteiger partial charge on any atom is -0.343 e. The Hall–Kier alpha value is -1.63. The number of nitrogens with one attached hydrogen (secondary N) is 1. The number of carbonyl (C=O) groups excluding carboxylic acids is 1. The molecule has 0 atom stereocenters. The molecule has 0 saturated carbocycles. The van der Waals surface area contributed by atoms with Gasteiger partial charge in [-0.25, -0.2) is 0 Å². The van der Waals surface area contributed by atoms with E-state index < -0.39 is 0 Å². The van der Waals surface area contributed by atoms with Crippen LogP contribution in [-0.2, 0) is 13.1 Å². The first-order valence-electron chi connectivity index (χ1n) is 5.53. The van der Waals surface area contributed by atoms with Crippen LogP contribution in [0, 0.1) is 6.92 Å². The molecule has 0 saturated heterocycles. The zero-order valence-electron chi connectivity index (χ0n) is 10.1. The Bertz CT molecular complexity index is 561. The number of nitrogens with zero attached hydrogens (tertiary/aromatic N) is 3. The number of amides is 1. The van der Waals surface area contributed by atoms with Crippen molar-refractivity contribution in [2.24, 2.45) is 0 Å². The summed E-state index contributed by atoms with van der Waals surface area (Å²) in [5.41, 5.74) is 0.601. The normalized spacial score (nSPS) is 10.6. The summed E-state index contributed by atoms with van der Waals surface area (Å²) in [5, 5.41) is 6.46. The summed E-state index contributed by atoms with van der Waals surface area (Å²) < 4.78 is 7.57. The molecule has 0 bridgehead atoms. The number of aromatic nitrogens is 3. The van der Waals surface area contributed by atoms with Crippen molar-refractivity contribution in [3.05, 3.63) is 34.1 Å². The minimum atomic E-state index is -0.162. The van der Waals surface area contributed by atoms with Crippen LogP contribution in [0.2, 0.25) is 0 Å². The van der Waals surface area contributed by atoms with Gasteiger partial charge in [0.25, 0.3) is 5.91 Å². The summed E-state index contributed by atoms with van der Waals surface area (Å²) in [7, 11) is 0. The number of hydrogen-bond acceptors (Lipinski definition) is 4. The first-order chi connectivity index (χ1) is 8.60. The van der Waals surface area contributed by atoms with Crippen molar-refractivity contribution < 1.29 is 9.32 Å². The Morgan fingerprint density at radius 2 is 2.39 bits per heavy atom. The molecular weight excluding hydrogens is 300 g/mol. The fourth-order valence-corrected chi connectivity index (χ4v) is 2.05. The maximum absolute atomic E-state index is 12.0. The molecule has 0 aliphatic carbocycles. The molecule has 6 nitrogen and oxygen atoms in total. The molecule has 2 aromatic heterocycles. The van der Waals surface area contributed by atoms with E-state index in [1.54, 1.807) is 13.0 Å². The van der Waals surface area contributed by atoms with Crippen molar-refractivity contribution in [1.29, 1.82) is 0 Å². The van der Waals surface area contributed by atoms with Crippen LogP contribution in [-0.4, -0.2) is 20.6 Å². The molecule has 0 radical (unpaired) electrons. The maximum Gasteiger partial charge on any atom is 0.268 e. The second kappa shape index (κ2) is 5.34. The molecule has 0 aromatic carbocycles. The number of aryl methyl sites for hydroxylation is 2. The average molecular weight is 313 g/mol. The van der Waals surface area contributed by atoms with Gasteiger partial charge >= 0.3 is 0 Å². The largest absolute Gasteiger partial charge is 0.343 e. The van der Waals surface area contributed by atoms with Gasteiger partial charge in [-0.3, -0.25) is 4.79 Å². The van der Waals surface area contributed by atoms with Gasteiger partial charge in [0.1, 0.15) is 5.69 Å². The molecule has 0 spiro atoms. The summed E-state index contributed by atoms with van der Waals surface area (Å²) in [6, 6.07) is 1.78. The zero-order valence-corrected chi connectivity index (χ0v) is 11.7. The molecule has 0 fully saturated rings. The van der Waals surface area contributed by atoms with Crippen molar-refractivity contribution >= 4 is 21.8 Å². The molecule has 1 N–H and O–H groups in total. The molecule has 2 aromatic rings. The molecule has 2 heterocycles. The molecule has 7 heteroatoms. The zero-order chi connectivity index (χ0) is 13.1. The quantitative estimate of drug-likeness (QED) is 0.935. The van der Waals surface area contributed by atoms with Crippen molar-refractivity contribution in [2.45, 2.75) is 26.9 Å². The number of hydrogen-bond donors (Lipinski definition) is 1. The van der Waals surface area contributed by atoms with Gasteiger partial charge in [0.2, 0.25) is 5.89 Å². The molecule has 2 rings (SSSR count). The summed E-state index contributed by atoms with van der Waals surface area (Å²) in [4.78, 5) is 16.0. The Kier molecular flexibility index (Phi) is 3.81. The van der Waals surface area contributed by atoms with Crippen molar-refractivity contribution in [2.75, 3.05) is 0 Å². The van der Waals surface area contributed by atoms with Crippen molar-refractivity contribution in [3.63, 3.8) is 0 Å². The van der Waals surface area contributed by atoms with E-state index >= 15 is 0 Å². The van der Waals surface area contributed by atoms with E-state index in [2.05, 4.69) is 31.4 Å². The Balaban J connectivity index is 2.03. The summed E-state index contributed by atoms with van der Waals surface area (Å²) in [6.07, 6.45) is 1.87. The van der Waals surface area contributed by atoms with Crippen LogP contribution < -0.4 is 5.32 Å². The second-order valence-electron chi connectivity index (χ2n) is 3.74. The number of rotatable bonds is 4. The predicted molar refractivity (Wildman–Crippen MR) is 68.0 cm³/mol. The lowest BCUT2D eigenvalue weighted by Crippen LogP contribution is -2.25. The third-order valence-electron chi connectivity index (χ3n) is 2.41. The van der Waals surface area contributed by atoms with Gasteiger partial charge in [-0.05, 0) is 28.9 Å². The van der Waals surface area contributed by atoms with Crippen LogP contribution in [0.5, 0.6) is 0 Å². The van der Waals surface area contributed by atoms with E-state index in [1.165, 1.54) is 0 Å². The standard InChI is InChI=1S/C11H13BrN4O2/c1-3-16-6-8(12)4-9(16)11(17)13-5-10-14-7(2)18-15-10/h4,6H,3,5H2,1-2H3,(H,13,17). The lowest BCUT2D eigenvalue weighted by atomic mass is 10.4. The Morgan fingerprint density at radius 1 is 1.61 bits per heavy atom. The number of halogens is 1. The van der Waals surface area contributed by atoms with Crippen LogP contribution in [0.25, 0.3) is 0 Å². The van der Waals surface area contributed by atoms with Gasteiger partial charge in [-0.1, -0.05) is 5.16 Å². The molecule has 0 aliphatic rings.